The second-order valence-electron chi connectivity index (χ2n) is 6.35. The Morgan fingerprint density at radius 2 is 2.30 bits per heavy atom. The van der Waals surface area contributed by atoms with E-state index >= 15 is 0 Å². The molecular weight excluding hydrogens is 312 g/mol. The van der Waals surface area contributed by atoms with Crippen LogP contribution in [0.1, 0.15) is 25.0 Å². The van der Waals surface area contributed by atoms with Crippen LogP contribution >= 0.6 is 11.3 Å². The number of hydrogen-bond acceptors (Lipinski definition) is 8. The van der Waals surface area contributed by atoms with Crippen LogP contribution in [0.2, 0.25) is 0 Å². The Morgan fingerprint density at radius 1 is 1.35 bits per heavy atom. The molecule has 4 rings (SSSR count). The quantitative estimate of drug-likeness (QED) is 0.919. The normalized spacial score (nSPS) is 27.5. The molecule has 1 N–H and O–H groups in total. The number of hydrogen-bond donors (Lipinski definition) is 1. The zero-order valence-corrected chi connectivity index (χ0v) is 13.9. The summed E-state index contributed by atoms with van der Waals surface area (Å²) in [7, 11) is 0. The standard InChI is InChI=1S/C15H20N6OS/c1-11-3-4-13(19-18-11)17-12-7-15(22-8-12)5-2-6-21(9-15)14-20-16-10-23-14/h3-4,10,12H,2,5-9H2,1H3,(H,17,19)/t12-,15-/m1/s1. The van der Waals surface area contributed by atoms with Crippen LogP contribution in [0.3, 0.4) is 0 Å². The van der Waals surface area contributed by atoms with Gasteiger partial charge in [-0.1, -0.05) is 11.3 Å². The lowest BCUT2D eigenvalue weighted by atomic mass is 9.89. The van der Waals surface area contributed by atoms with Gasteiger partial charge in [0.15, 0.2) is 0 Å². The Labute approximate surface area is 139 Å². The lowest BCUT2D eigenvalue weighted by Gasteiger charge is -2.39. The Balaban J connectivity index is 1.41. The van der Waals surface area contributed by atoms with Gasteiger partial charge in [-0.3, -0.25) is 0 Å². The van der Waals surface area contributed by atoms with Crippen molar-refractivity contribution in [2.45, 2.75) is 37.8 Å². The summed E-state index contributed by atoms with van der Waals surface area (Å²) in [6.07, 6.45) is 3.20. The molecule has 2 aliphatic rings. The van der Waals surface area contributed by atoms with E-state index in [4.69, 9.17) is 4.74 Å². The van der Waals surface area contributed by atoms with Crippen molar-refractivity contribution >= 4 is 22.3 Å². The first-order chi connectivity index (χ1) is 11.2. The molecule has 0 amide bonds. The molecule has 7 nitrogen and oxygen atoms in total. The molecule has 0 unspecified atom stereocenters. The van der Waals surface area contributed by atoms with Crippen LogP contribution in [0.15, 0.2) is 17.6 Å². The molecule has 2 aromatic heterocycles. The van der Waals surface area contributed by atoms with Gasteiger partial charge in [-0.2, -0.15) is 5.10 Å². The lowest BCUT2D eigenvalue weighted by Crippen LogP contribution is -2.48. The maximum atomic E-state index is 6.22. The predicted octanol–water partition coefficient (Wildman–Crippen LogP) is 1.88. The summed E-state index contributed by atoms with van der Waals surface area (Å²) in [5.41, 5.74) is 2.63. The number of anilines is 2. The SMILES string of the molecule is Cc1ccc(N[C@H]2CO[C@]3(CCCN(c4nncs4)C3)C2)nn1. The number of aromatic nitrogens is 4. The molecule has 0 aliphatic carbocycles. The van der Waals surface area contributed by atoms with Crippen LogP contribution in [-0.2, 0) is 4.74 Å². The molecule has 1 spiro atoms. The van der Waals surface area contributed by atoms with Crippen LogP contribution < -0.4 is 10.2 Å². The highest BCUT2D eigenvalue weighted by Gasteiger charge is 2.44. The van der Waals surface area contributed by atoms with E-state index in [-0.39, 0.29) is 11.6 Å². The van der Waals surface area contributed by atoms with Gasteiger partial charge in [-0.25, -0.2) is 0 Å². The second-order valence-corrected chi connectivity index (χ2v) is 7.16. The first-order valence-corrected chi connectivity index (χ1v) is 8.82. The third-order valence-electron chi connectivity index (χ3n) is 4.52. The Morgan fingerprint density at radius 3 is 3.09 bits per heavy atom. The number of ether oxygens (including phenoxy) is 1. The van der Waals surface area contributed by atoms with E-state index in [2.05, 4.69) is 30.6 Å². The minimum Gasteiger partial charge on any atom is -0.371 e. The Bertz CT molecular complexity index is 648. The van der Waals surface area contributed by atoms with Crippen molar-refractivity contribution in [3.63, 3.8) is 0 Å². The smallest absolute Gasteiger partial charge is 0.208 e. The van der Waals surface area contributed by atoms with E-state index in [0.717, 1.165) is 49.0 Å². The predicted molar refractivity (Wildman–Crippen MR) is 88.8 cm³/mol. The highest BCUT2D eigenvalue weighted by atomic mass is 32.1. The van der Waals surface area contributed by atoms with Gasteiger partial charge in [0, 0.05) is 19.5 Å². The average Bonchev–Trinajstić information content (AvgIpc) is 3.21. The minimum atomic E-state index is -0.0836. The number of piperidine rings is 1. The summed E-state index contributed by atoms with van der Waals surface area (Å²) < 4.78 is 6.22. The molecule has 0 bridgehead atoms. The summed E-state index contributed by atoms with van der Waals surface area (Å²) >= 11 is 1.59. The maximum Gasteiger partial charge on any atom is 0.208 e. The van der Waals surface area contributed by atoms with E-state index < -0.39 is 0 Å². The molecule has 2 aliphatic heterocycles. The zero-order valence-electron chi connectivity index (χ0n) is 13.1. The molecule has 4 heterocycles. The van der Waals surface area contributed by atoms with Crippen LogP contribution in [-0.4, -0.2) is 51.7 Å². The topological polar surface area (TPSA) is 76.1 Å². The highest BCUT2D eigenvalue weighted by molar-refractivity contribution is 7.13. The van der Waals surface area contributed by atoms with E-state index in [0.29, 0.717) is 6.61 Å². The molecule has 2 atom stereocenters. The molecule has 122 valence electrons. The second kappa shape index (κ2) is 6.01. The molecule has 0 saturated carbocycles. The van der Waals surface area contributed by atoms with Gasteiger partial charge in [0.1, 0.15) is 11.3 Å². The van der Waals surface area contributed by atoms with Gasteiger partial charge in [0.2, 0.25) is 5.13 Å². The molecule has 2 aromatic rings. The number of aryl methyl sites for hydroxylation is 1. The fourth-order valence-electron chi connectivity index (χ4n) is 3.47. The third-order valence-corrected chi connectivity index (χ3v) is 5.27. The first-order valence-electron chi connectivity index (χ1n) is 7.94. The minimum absolute atomic E-state index is 0.0836. The monoisotopic (exact) mass is 332 g/mol. The van der Waals surface area contributed by atoms with Crippen LogP contribution in [0.5, 0.6) is 0 Å². The van der Waals surface area contributed by atoms with Gasteiger partial charge in [-0.15, -0.1) is 15.3 Å². The molecular formula is C15H20N6OS. The summed E-state index contributed by atoms with van der Waals surface area (Å²) in [6, 6.07) is 4.22. The third kappa shape index (κ3) is 3.13. The van der Waals surface area contributed by atoms with Gasteiger partial charge >= 0.3 is 0 Å². The van der Waals surface area contributed by atoms with Gasteiger partial charge < -0.3 is 15.0 Å². The van der Waals surface area contributed by atoms with Crippen LogP contribution in [0.4, 0.5) is 10.9 Å². The molecule has 2 fully saturated rings. The van der Waals surface area contributed by atoms with E-state index in [1.54, 1.807) is 16.8 Å². The Hall–Kier alpha value is -1.80. The molecule has 23 heavy (non-hydrogen) atoms. The van der Waals surface area contributed by atoms with Gasteiger partial charge in [-0.05, 0) is 31.9 Å². The summed E-state index contributed by atoms with van der Waals surface area (Å²) in [4.78, 5) is 2.30. The lowest BCUT2D eigenvalue weighted by molar-refractivity contribution is -0.00638. The summed E-state index contributed by atoms with van der Waals surface area (Å²) in [6.45, 7) is 4.57. The molecule has 2 saturated heterocycles. The number of nitrogens with zero attached hydrogens (tertiary/aromatic N) is 5. The van der Waals surface area contributed by atoms with E-state index in [1.165, 1.54) is 0 Å². The van der Waals surface area contributed by atoms with Crippen molar-refractivity contribution in [3.05, 3.63) is 23.3 Å². The largest absolute Gasteiger partial charge is 0.371 e. The Kier molecular flexibility index (Phi) is 3.86. The van der Waals surface area contributed by atoms with E-state index in [1.807, 2.05) is 19.1 Å². The van der Waals surface area contributed by atoms with Crippen molar-refractivity contribution < 1.29 is 4.74 Å². The van der Waals surface area contributed by atoms with E-state index in [9.17, 15) is 0 Å². The van der Waals surface area contributed by atoms with Crippen molar-refractivity contribution in [1.82, 2.24) is 20.4 Å². The highest BCUT2D eigenvalue weighted by Crippen LogP contribution is 2.37. The molecule has 0 aromatic carbocycles. The van der Waals surface area contributed by atoms with Gasteiger partial charge in [0.05, 0.1) is 23.9 Å². The fraction of sp³-hybridized carbons (Fsp3) is 0.600. The van der Waals surface area contributed by atoms with Crippen molar-refractivity contribution in [3.8, 4) is 0 Å². The molecule has 8 heteroatoms. The maximum absolute atomic E-state index is 6.22. The van der Waals surface area contributed by atoms with Crippen LogP contribution in [0, 0.1) is 6.92 Å². The van der Waals surface area contributed by atoms with Crippen molar-refractivity contribution in [2.75, 3.05) is 29.9 Å². The zero-order chi connectivity index (χ0) is 15.7. The number of nitrogens with one attached hydrogen (secondary N) is 1. The number of rotatable bonds is 3. The molecule has 0 radical (unpaired) electrons. The van der Waals surface area contributed by atoms with Crippen molar-refractivity contribution in [2.24, 2.45) is 0 Å². The average molecular weight is 332 g/mol. The summed E-state index contributed by atoms with van der Waals surface area (Å²) in [5, 5.41) is 20.9. The summed E-state index contributed by atoms with van der Waals surface area (Å²) in [5.74, 6) is 0.818. The van der Waals surface area contributed by atoms with Crippen LogP contribution in [0.25, 0.3) is 0 Å². The first kappa shape index (κ1) is 14.8. The van der Waals surface area contributed by atoms with Gasteiger partial charge in [0.25, 0.3) is 0 Å². The van der Waals surface area contributed by atoms with Crippen molar-refractivity contribution in [1.29, 1.82) is 0 Å². The fourth-order valence-corrected chi connectivity index (χ4v) is 4.06.